The molecule has 0 heterocycles. The average molecular weight is 290 g/mol. The highest BCUT2D eigenvalue weighted by Crippen LogP contribution is 2.22. The Morgan fingerprint density at radius 3 is 2.45 bits per heavy atom. The van der Waals surface area contributed by atoms with Crippen LogP contribution in [0.1, 0.15) is 21.5 Å². The summed E-state index contributed by atoms with van der Waals surface area (Å²) in [7, 11) is 0. The van der Waals surface area contributed by atoms with Gasteiger partial charge in [-0.3, -0.25) is 14.9 Å². The molecule has 0 fully saturated rings. The first-order chi connectivity index (χ1) is 9.47. The second-order valence-electron chi connectivity index (χ2n) is 4.50. The maximum absolute atomic E-state index is 12.2. The van der Waals surface area contributed by atoms with Gasteiger partial charge in [-0.1, -0.05) is 29.8 Å². The SMILES string of the molecule is Cc1ccc([N+](=O)[O-])c(C(=O)Cc2ccc(Cl)cc2)c1. The zero-order valence-corrected chi connectivity index (χ0v) is 11.6. The first-order valence-electron chi connectivity index (χ1n) is 6.00. The van der Waals surface area contributed by atoms with Crippen LogP contribution in [0.5, 0.6) is 0 Å². The number of carbonyl (C=O) groups is 1. The van der Waals surface area contributed by atoms with E-state index in [0.717, 1.165) is 11.1 Å². The van der Waals surface area contributed by atoms with Crippen LogP contribution in [0.2, 0.25) is 5.02 Å². The number of nitro benzene ring substituents is 1. The molecule has 0 saturated carbocycles. The standard InChI is InChI=1S/C15H12ClNO3/c1-10-2-7-14(17(19)20)13(8-10)15(18)9-11-3-5-12(16)6-4-11/h2-8H,9H2,1H3. The maximum Gasteiger partial charge on any atom is 0.280 e. The van der Waals surface area contributed by atoms with Crippen molar-refractivity contribution < 1.29 is 9.72 Å². The Bertz CT molecular complexity index is 665. The number of nitrogens with zero attached hydrogens (tertiary/aromatic N) is 1. The van der Waals surface area contributed by atoms with Crippen LogP contribution in [0.15, 0.2) is 42.5 Å². The molecule has 0 amide bonds. The molecule has 0 spiro atoms. The molecule has 0 saturated heterocycles. The molecule has 5 heteroatoms. The number of hydrogen-bond acceptors (Lipinski definition) is 3. The molecular formula is C15H12ClNO3. The fourth-order valence-corrected chi connectivity index (χ4v) is 2.04. The number of carbonyl (C=O) groups excluding carboxylic acids is 1. The van der Waals surface area contributed by atoms with Crippen molar-refractivity contribution in [3.05, 3.63) is 74.3 Å². The minimum atomic E-state index is -0.533. The van der Waals surface area contributed by atoms with E-state index in [2.05, 4.69) is 0 Å². The molecule has 0 unspecified atom stereocenters. The van der Waals surface area contributed by atoms with Crippen LogP contribution in [0, 0.1) is 17.0 Å². The smallest absolute Gasteiger partial charge is 0.280 e. The molecule has 0 aliphatic rings. The Kier molecular flexibility index (Phi) is 4.15. The molecule has 102 valence electrons. The summed E-state index contributed by atoms with van der Waals surface area (Å²) in [6.45, 7) is 1.79. The highest BCUT2D eigenvalue weighted by Gasteiger charge is 2.20. The van der Waals surface area contributed by atoms with Crippen LogP contribution in [0.4, 0.5) is 5.69 Å². The third kappa shape index (κ3) is 3.22. The van der Waals surface area contributed by atoms with E-state index in [-0.39, 0.29) is 23.5 Å². The molecule has 0 aliphatic heterocycles. The number of nitro groups is 1. The fraction of sp³-hybridized carbons (Fsp3) is 0.133. The Labute approximate surface area is 121 Å². The van der Waals surface area contributed by atoms with E-state index in [9.17, 15) is 14.9 Å². The summed E-state index contributed by atoms with van der Waals surface area (Å²) in [5.41, 5.74) is 1.57. The Balaban J connectivity index is 2.31. The predicted molar refractivity (Wildman–Crippen MR) is 77.3 cm³/mol. The average Bonchev–Trinajstić information content (AvgIpc) is 2.41. The Morgan fingerprint density at radius 1 is 1.20 bits per heavy atom. The summed E-state index contributed by atoms with van der Waals surface area (Å²) < 4.78 is 0. The number of Topliss-reactive ketones (excluding diaryl/α,β-unsaturated/α-hetero) is 1. The van der Waals surface area contributed by atoms with Crippen LogP contribution < -0.4 is 0 Å². The number of halogens is 1. The van der Waals surface area contributed by atoms with E-state index in [1.54, 1.807) is 43.3 Å². The topological polar surface area (TPSA) is 60.2 Å². The molecular weight excluding hydrogens is 278 g/mol. The fourth-order valence-electron chi connectivity index (χ4n) is 1.92. The van der Waals surface area contributed by atoms with Gasteiger partial charge in [0.2, 0.25) is 0 Å². The van der Waals surface area contributed by atoms with Gasteiger partial charge in [0.15, 0.2) is 5.78 Å². The van der Waals surface area contributed by atoms with Gasteiger partial charge in [0.25, 0.3) is 5.69 Å². The first kappa shape index (κ1) is 14.2. The van der Waals surface area contributed by atoms with E-state index in [0.29, 0.717) is 5.02 Å². The summed E-state index contributed by atoms with van der Waals surface area (Å²) in [6.07, 6.45) is 0.113. The number of ketones is 1. The molecule has 2 rings (SSSR count). The van der Waals surface area contributed by atoms with Crippen molar-refractivity contribution in [2.45, 2.75) is 13.3 Å². The monoisotopic (exact) mass is 289 g/mol. The van der Waals surface area contributed by atoms with E-state index in [4.69, 9.17) is 11.6 Å². The summed E-state index contributed by atoms with van der Waals surface area (Å²) in [6, 6.07) is 11.4. The van der Waals surface area contributed by atoms with E-state index in [1.165, 1.54) is 6.07 Å². The third-order valence-electron chi connectivity index (χ3n) is 2.93. The van der Waals surface area contributed by atoms with Crippen LogP contribution in [-0.4, -0.2) is 10.7 Å². The lowest BCUT2D eigenvalue weighted by Crippen LogP contribution is -2.07. The van der Waals surface area contributed by atoms with Gasteiger partial charge in [-0.05, 0) is 36.2 Å². The second-order valence-corrected chi connectivity index (χ2v) is 4.94. The summed E-state index contributed by atoms with van der Waals surface area (Å²) >= 11 is 5.78. The van der Waals surface area contributed by atoms with Gasteiger partial charge < -0.3 is 0 Å². The molecule has 0 atom stereocenters. The van der Waals surface area contributed by atoms with Gasteiger partial charge in [-0.25, -0.2) is 0 Å². The van der Waals surface area contributed by atoms with Crippen molar-refractivity contribution in [3.8, 4) is 0 Å². The molecule has 20 heavy (non-hydrogen) atoms. The quantitative estimate of drug-likeness (QED) is 0.486. The zero-order valence-electron chi connectivity index (χ0n) is 10.8. The zero-order chi connectivity index (χ0) is 14.7. The first-order valence-corrected chi connectivity index (χ1v) is 6.38. The minimum Gasteiger partial charge on any atom is -0.294 e. The van der Waals surface area contributed by atoms with Crippen molar-refractivity contribution in [3.63, 3.8) is 0 Å². The van der Waals surface area contributed by atoms with Gasteiger partial charge in [0.05, 0.1) is 10.5 Å². The van der Waals surface area contributed by atoms with Crippen molar-refractivity contribution >= 4 is 23.1 Å². The van der Waals surface area contributed by atoms with Crippen molar-refractivity contribution in [1.82, 2.24) is 0 Å². The van der Waals surface area contributed by atoms with Crippen LogP contribution in [0.3, 0.4) is 0 Å². The lowest BCUT2D eigenvalue weighted by Gasteiger charge is -2.04. The molecule has 0 radical (unpaired) electrons. The largest absolute Gasteiger partial charge is 0.294 e. The Hall–Kier alpha value is -2.20. The molecule has 0 bridgehead atoms. The van der Waals surface area contributed by atoms with Crippen LogP contribution in [-0.2, 0) is 6.42 Å². The third-order valence-corrected chi connectivity index (χ3v) is 3.18. The molecule has 2 aromatic carbocycles. The van der Waals surface area contributed by atoms with Gasteiger partial charge in [-0.2, -0.15) is 0 Å². The molecule has 4 nitrogen and oxygen atoms in total. The number of hydrogen-bond donors (Lipinski definition) is 0. The summed E-state index contributed by atoms with van der Waals surface area (Å²) in [5, 5.41) is 11.6. The highest BCUT2D eigenvalue weighted by molar-refractivity contribution is 6.30. The second kappa shape index (κ2) is 5.84. The van der Waals surface area contributed by atoms with Gasteiger partial charge in [-0.15, -0.1) is 0 Å². The van der Waals surface area contributed by atoms with Crippen LogP contribution >= 0.6 is 11.6 Å². The number of rotatable bonds is 4. The van der Waals surface area contributed by atoms with Crippen molar-refractivity contribution in [2.75, 3.05) is 0 Å². The summed E-state index contributed by atoms with van der Waals surface area (Å²) in [4.78, 5) is 22.7. The van der Waals surface area contributed by atoms with E-state index < -0.39 is 4.92 Å². The van der Waals surface area contributed by atoms with Crippen molar-refractivity contribution in [1.29, 1.82) is 0 Å². The predicted octanol–water partition coefficient (Wildman–Crippen LogP) is 3.98. The maximum atomic E-state index is 12.2. The number of aryl methyl sites for hydroxylation is 1. The normalized spacial score (nSPS) is 10.3. The Morgan fingerprint density at radius 2 is 1.85 bits per heavy atom. The highest BCUT2D eigenvalue weighted by atomic mass is 35.5. The van der Waals surface area contributed by atoms with Crippen LogP contribution in [0.25, 0.3) is 0 Å². The molecule has 0 N–H and O–H groups in total. The van der Waals surface area contributed by atoms with E-state index in [1.807, 2.05) is 0 Å². The molecule has 2 aromatic rings. The molecule has 0 aromatic heterocycles. The van der Waals surface area contributed by atoms with Crippen molar-refractivity contribution in [2.24, 2.45) is 0 Å². The van der Waals surface area contributed by atoms with E-state index >= 15 is 0 Å². The molecule has 0 aliphatic carbocycles. The lowest BCUT2D eigenvalue weighted by atomic mass is 10.00. The van der Waals surface area contributed by atoms with Gasteiger partial charge in [0.1, 0.15) is 0 Å². The minimum absolute atomic E-state index is 0.113. The van der Waals surface area contributed by atoms with Gasteiger partial charge >= 0.3 is 0 Å². The van der Waals surface area contributed by atoms with Gasteiger partial charge in [0, 0.05) is 17.5 Å². The number of benzene rings is 2. The summed E-state index contributed by atoms with van der Waals surface area (Å²) in [5.74, 6) is -0.275. The lowest BCUT2D eigenvalue weighted by molar-refractivity contribution is -0.385.